The van der Waals surface area contributed by atoms with Gasteiger partial charge >= 0.3 is 0 Å². The summed E-state index contributed by atoms with van der Waals surface area (Å²) in [5.74, 6) is 0.405. The van der Waals surface area contributed by atoms with Crippen molar-refractivity contribution in [3.63, 3.8) is 0 Å². The monoisotopic (exact) mass is 519 g/mol. The molecule has 9 heteroatoms. The van der Waals surface area contributed by atoms with E-state index in [1.54, 1.807) is 0 Å². The second kappa shape index (κ2) is 11.1. The van der Waals surface area contributed by atoms with Crippen molar-refractivity contribution in [1.82, 2.24) is 14.5 Å². The number of hydrogen-bond donors (Lipinski definition) is 1. The van der Waals surface area contributed by atoms with Crippen molar-refractivity contribution in [3.8, 4) is 5.75 Å². The molecule has 1 aliphatic carbocycles. The second-order valence-corrected chi connectivity index (χ2v) is 12.8. The molecule has 1 aromatic carbocycles. The van der Waals surface area contributed by atoms with Gasteiger partial charge in [-0.1, -0.05) is 50.8 Å². The smallest absolute Gasteiger partial charge is 0.245 e. The Balaban J connectivity index is 1.61. The van der Waals surface area contributed by atoms with Crippen LogP contribution in [-0.4, -0.2) is 73.0 Å². The van der Waals surface area contributed by atoms with Crippen LogP contribution in [0.15, 0.2) is 24.3 Å². The van der Waals surface area contributed by atoms with Crippen LogP contribution in [0.25, 0.3) is 0 Å². The largest absolute Gasteiger partial charge is 0.487 e. The third kappa shape index (κ3) is 5.72. The molecular weight excluding hydrogens is 478 g/mol. The Kier molecular flexibility index (Phi) is 8.29. The van der Waals surface area contributed by atoms with Crippen LogP contribution in [-0.2, 0) is 19.6 Å². The van der Waals surface area contributed by atoms with Crippen molar-refractivity contribution in [3.05, 3.63) is 29.8 Å². The molecule has 2 heterocycles. The first-order chi connectivity index (χ1) is 17.1. The van der Waals surface area contributed by atoms with Gasteiger partial charge in [0.25, 0.3) is 0 Å². The maximum Gasteiger partial charge on any atom is 0.245 e. The molecule has 0 aromatic heterocycles. The highest BCUT2D eigenvalue weighted by Crippen LogP contribution is 2.37. The molecule has 36 heavy (non-hydrogen) atoms. The molecule has 2 amide bonds. The number of hydrogen-bond acceptors (Lipinski definition) is 5. The van der Waals surface area contributed by atoms with E-state index in [2.05, 4.69) is 5.32 Å². The minimum atomic E-state index is -3.47. The van der Waals surface area contributed by atoms with Crippen LogP contribution in [0.3, 0.4) is 0 Å². The fourth-order valence-corrected chi connectivity index (χ4v) is 7.17. The molecule has 0 bridgehead atoms. The van der Waals surface area contributed by atoms with E-state index < -0.39 is 22.2 Å². The molecule has 200 valence electrons. The number of benzene rings is 1. The van der Waals surface area contributed by atoms with Crippen LogP contribution in [0, 0.1) is 18.8 Å². The summed E-state index contributed by atoms with van der Waals surface area (Å²) in [6.45, 7) is 6.51. The minimum Gasteiger partial charge on any atom is -0.487 e. The fourth-order valence-electron chi connectivity index (χ4n) is 6.03. The lowest BCUT2D eigenvalue weighted by atomic mass is 9.83. The Morgan fingerprint density at radius 1 is 1.11 bits per heavy atom. The fraction of sp³-hybridized carbons (Fsp3) is 0.704. The predicted octanol–water partition coefficient (Wildman–Crippen LogP) is 3.10. The SMILES string of the molecule is CC[C@@H](C)C(=O)N[C@H](C(=O)N1CC[C@@H]2[C@H]1[C@@H](Oc1ccc(C)cc1)CN2S(C)(=O)=O)C1CCCCC1. The molecule has 1 saturated carbocycles. The number of sulfonamides is 1. The average molecular weight is 520 g/mol. The zero-order chi connectivity index (χ0) is 26.0. The predicted molar refractivity (Wildman–Crippen MR) is 139 cm³/mol. The van der Waals surface area contributed by atoms with Crippen molar-refractivity contribution >= 4 is 21.8 Å². The zero-order valence-electron chi connectivity index (χ0n) is 22.0. The number of nitrogens with zero attached hydrogens (tertiary/aromatic N) is 2. The van der Waals surface area contributed by atoms with Crippen LogP contribution in [0.1, 0.15) is 64.4 Å². The van der Waals surface area contributed by atoms with Crippen LogP contribution < -0.4 is 10.1 Å². The van der Waals surface area contributed by atoms with E-state index >= 15 is 0 Å². The Labute approximate surface area is 215 Å². The van der Waals surface area contributed by atoms with E-state index in [-0.39, 0.29) is 42.3 Å². The zero-order valence-corrected chi connectivity index (χ0v) is 22.8. The first kappa shape index (κ1) is 26.9. The van der Waals surface area contributed by atoms with Crippen molar-refractivity contribution in [1.29, 1.82) is 0 Å². The lowest BCUT2D eigenvalue weighted by Crippen LogP contribution is -2.57. The second-order valence-electron chi connectivity index (χ2n) is 10.9. The van der Waals surface area contributed by atoms with E-state index in [0.29, 0.717) is 25.1 Å². The number of nitrogens with one attached hydrogen (secondary N) is 1. The molecule has 0 radical (unpaired) electrons. The summed E-state index contributed by atoms with van der Waals surface area (Å²) in [5.41, 5.74) is 1.11. The molecule has 2 saturated heterocycles. The molecule has 8 nitrogen and oxygen atoms in total. The van der Waals surface area contributed by atoms with Gasteiger partial charge in [-0.25, -0.2) is 8.42 Å². The quantitative estimate of drug-likeness (QED) is 0.569. The van der Waals surface area contributed by atoms with Gasteiger partial charge in [0.05, 0.1) is 24.9 Å². The topological polar surface area (TPSA) is 96.0 Å². The normalized spacial score (nSPS) is 26.9. The number of carbonyl (C=O) groups is 2. The van der Waals surface area contributed by atoms with Crippen molar-refractivity contribution < 1.29 is 22.7 Å². The first-order valence-corrected chi connectivity index (χ1v) is 15.3. The highest BCUT2D eigenvalue weighted by molar-refractivity contribution is 7.88. The number of rotatable bonds is 8. The molecule has 4 rings (SSSR count). The number of aryl methyl sites for hydroxylation is 1. The standard InChI is InChI=1S/C27H41N3O5S/c1-5-19(3)26(31)28-24(20-9-7-6-8-10-20)27(32)29-16-15-22-25(29)23(17-30(22)36(4,33)34)35-21-13-11-18(2)12-14-21/h11-14,19-20,22-25H,5-10,15-17H2,1-4H3,(H,28,31)/t19-,22-,23+,24+,25+/m1/s1. The van der Waals surface area contributed by atoms with Gasteiger partial charge in [0, 0.05) is 12.5 Å². The highest BCUT2D eigenvalue weighted by Gasteiger charge is 2.55. The summed E-state index contributed by atoms with van der Waals surface area (Å²) in [7, 11) is -3.47. The van der Waals surface area contributed by atoms with Crippen LogP contribution >= 0.6 is 0 Å². The van der Waals surface area contributed by atoms with E-state index in [9.17, 15) is 18.0 Å². The first-order valence-electron chi connectivity index (χ1n) is 13.4. The van der Waals surface area contributed by atoms with E-state index in [0.717, 1.165) is 37.7 Å². The summed E-state index contributed by atoms with van der Waals surface area (Å²) in [4.78, 5) is 28.8. The van der Waals surface area contributed by atoms with Crippen LogP contribution in [0.4, 0.5) is 0 Å². The van der Waals surface area contributed by atoms with E-state index in [1.165, 1.54) is 10.6 Å². The molecule has 1 N–H and O–H groups in total. The number of likely N-dealkylation sites (tertiary alicyclic amines) is 1. The third-order valence-electron chi connectivity index (χ3n) is 8.29. The number of carbonyl (C=O) groups excluding carboxylic acids is 2. The highest BCUT2D eigenvalue weighted by atomic mass is 32.2. The third-order valence-corrected chi connectivity index (χ3v) is 9.56. The van der Waals surface area contributed by atoms with E-state index in [4.69, 9.17) is 4.74 Å². The summed E-state index contributed by atoms with van der Waals surface area (Å²) in [6.07, 6.45) is 7.12. The molecule has 3 fully saturated rings. The number of fused-ring (bicyclic) bond motifs is 1. The van der Waals surface area contributed by atoms with Crippen molar-refractivity contribution in [2.75, 3.05) is 19.3 Å². The molecule has 2 aliphatic heterocycles. The molecule has 0 unspecified atom stereocenters. The van der Waals surface area contributed by atoms with Gasteiger partial charge in [-0.05, 0) is 50.7 Å². The maximum absolute atomic E-state index is 14.1. The lowest BCUT2D eigenvalue weighted by Gasteiger charge is -2.36. The van der Waals surface area contributed by atoms with Gasteiger partial charge in [0.2, 0.25) is 21.8 Å². The van der Waals surface area contributed by atoms with Crippen LogP contribution in [0.5, 0.6) is 5.75 Å². The lowest BCUT2D eigenvalue weighted by molar-refractivity contribution is -0.141. The van der Waals surface area contributed by atoms with Gasteiger partial charge in [-0.15, -0.1) is 0 Å². The summed E-state index contributed by atoms with van der Waals surface area (Å²) in [6, 6.07) is 6.38. The van der Waals surface area contributed by atoms with Gasteiger partial charge < -0.3 is 15.0 Å². The molecular formula is C27H41N3O5S. The molecule has 1 aromatic rings. The van der Waals surface area contributed by atoms with Crippen LogP contribution in [0.2, 0.25) is 0 Å². The Bertz CT molecular complexity index is 1040. The maximum atomic E-state index is 14.1. The summed E-state index contributed by atoms with van der Waals surface area (Å²) in [5, 5.41) is 3.10. The molecule has 0 spiro atoms. The number of amides is 2. The Morgan fingerprint density at radius 2 is 1.78 bits per heavy atom. The minimum absolute atomic E-state index is 0.0891. The van der Waals surface area contributed by atoms with Crippen molar-refractivity contribution in [2.45, 2.75) is 89.9 Å². The summed E-state index contributed by atoms with van der Waals surface area (Å²) < 4.78 is 33.1. The van der Waals surface area contributed by atoms with Gasteiger partial charge in [0.1, 0.15) is 17.9 Å². The molecule has 5 atom stereocenters. The summed E-state index contributed by atoms with van der Waals surface area (Å²) >= 11 is 0. The average Bonchev–Trinajstić information content (AvgIpc) is 3.44. The van der Waals surface area contributed by atoms with E-state index in [1.807, 2.05) is 49.9 Å². The number of ether oxygens (including phenoxy) is 1. The van der Waals surface area contributed by atoms with Gasteiger partial charge in [0.15, 0.2) is 0 Å². The molecule has 3 aliphatic rings. The van der Waals surface area contributed by atoms with Gasteiger partial charge in [-0.2, -0.15) is 4.31 Å². The van der Waals surface area contributed by atoms with Crippen molar-refractivity contribution in [2.24, 2.45) is 11.8 Å². The Morgan fingerprint density at radius 3 is 2.39 bits per heavy atom. The Hall–Kier alpha value is -2.13. The van der Waals surface area contributed by atoms with Gasteiger partial charge in [-0.3, -0.25) is 9.59 Å².